The molecule has 12 heteroatoms. The lowest BCUT2D eigenvalue weighted by molar-refractivity contribution is -0.142. The second-order valence-electron chi connectivity index (χ2n) is 12.9. The zero-order valence-corrected chi connectivity index (χ0v) is 28.4. The fourth-order valence-electron chi connectivity index (χ4n) is 5.37. The molecular formula is C29H67ClN10O. The minimum atomic E-state index is -0.433. The maximum absolute atomic E-state index is 13.5. The van der Waals surface area contributed by atoms with E-state index in [1.807, 2.05) is 23.4 Å². The Bertz CT molecular complexity index is 650. The molecule has 246 valence electrons. The fourth-order valence-corrected chi connectivity index (χ4v) is 5.52. The average Bonchev–Trinajstić information content (AvgIpc) is 2.89. The Hall–Kier alpha value is -0.600. The smallest absolute Gasteiger partial charge is 0.228 e. The number of nitrogens with zero attached hydrogens (tertiary/aromatic N) is 5. The molecule has 0 fully saturated rings. The number of hydrogen-bond acceptors (Lipinski definition) is 10. The van der Waals surface area contributed by atoms with Crippen LogP contribution in [0.3, 0.4) is 0 Å². The first-order valence-corrected chi connectivity index (χ1v) is 15.9. The van der Waals surface area contributed by atoms with Crippen molar-refractivity contribution in [3.63, 3.8) is 0 Å². The summed E-state index contributed by atoms with van der Waals surface area (Å²) < 4.78 is 1.89. The zero-order chi connectivity index (χ0) is 31.3. The van der Waals surface area contributed by atoms with Gasteiger partial charge in [0.25, 0.3) is 0 Å². The van der Waals surface area contributed by atoms with Gasteiger partial charge in [0.1, 0.15) is 0 Å². The van der Waals surface area contributed by atoms with E-state index in [9.17, 15) is 4.79 Å². The van der Waals surface area contributed by atoms with Gasteiger partial charge in [-0.15, -0.1) is 0 Å². The molecule has 0 radical (unpaired) electrons. The van der Waals surface area contributed by atoms with Crippen molar-refractivity contribution in [3.05, 3.63) is 0 Å². The minimum absolute atomic E-state index is 0.0743. The van der Waals surface area contributed by atoms with Gasteiger partial charge < -0.3 is 32.7 Å². The first kappa shape index (κ1) is 40.4. The van der Waals surface area contributed by atoms with Crippen LogP contribution in [0.5, 0.6) is 0 Å². The lowest BCUT2D eigenvalue weighted by Gasteiger charge is -2.37. The second kappa shape index (κ2) is 22.9. The largest absolute Gasteiger partial charge is 0.340 e. The first-order chi connectivity index (χ1) is 19.3. The van der Waals surface area contributed by atoms with Gasteiger partial charge >= 0.3 is 0 Å². The molecule has 0 saturated heterocycles. The highest BCUT2D eigenvalue weighted by molar-refractivity contribution is 6.13. The van der Waals surface area contributed by atoms with Gasteiger partial charge in [-0.2, -0.15) is 0 Å². The average molecular weight is 607 g/mol. The van der Waals surface area contributed by atoms with Crippen molar-refractivity contribution in [1.82, 2.24) is 34.7 Å². The van der Waals surface area contributed by atoms with Crippen LogP contribution in [0, 0.1) is 10.8 Å². The van der Waals surface area contributed by atoms with Gasteiger partial charge in [-0.25, -0.2) is 4.42 Å². The molecule has 0 saturated carbocycles. The summed E-state index contributed by atoms with van der Waals surface area (Å²) in [7, 11) is 3.95. The highest BCUT2D eigenvalue weighted by atomic mass is 35.5. The molecule has 0 aromatic carbocycles. The van der Waals surface area contributed by atoms with E-state index in [2.05, 4.69) is 60.0 Å². The molecule has 0 heterocycles. The molecule has 0 aliphatic rings. The molecule has 11 nitrogen and oxygen atoms in total. The summed E-state index contributed by atoms with van der Waals surface area (Å²) in [4.78, 5) is 22.6. The van der Waals surface area contributed by atoms with Crippen molar-refractivity contribution < 1.29 is 4.79 Å². The van der Waals surface area contributed by atoms with Crippen molar-refractivity contribution >= 4 is 17.7 Å². The summed E-state index contributed by atoms with van der Waals surface area (Å²) in [5, 5.41) is 6.47. The number of nitrogens with one attached hydrogen (secondary N) is 2. The summed E-state index contributed by atoms with van der Waals surface area (Å²) in [5.41, 5.74) is 17.3. The van der Waals surface area contributed by atoms with E-state index in [1.165, 1.54) is 0 Å². The summed E-state index contributed by atoms with van der Waals surface area (Å²) in [6.07, 6.45) is 0.825. The summed E-state index contributed by atoms with van der Waals surface area (Å²) in [6.45, 7) is 24.9. The summed E-state index contributed by atoms with van der Waals surface area (Å²) in [5.74, 6) is 0.180. The van der Waals surface area contributed by atoms with Crippen molar-refractivity contribution in [3.8, 4) is 0 Å². The minimum Gasteiger partial charge on any atom is -0.340 e. The third-order valence-corrected chi connectivity index (χ3v) is 7.56. The van der Waals surface area contributed by atoms with Gasteiger partial charge in [-0.05, 0) is 37.7 Å². The number of rotatable bonds is 26. The molecule has 0 aliphatic carbocycles. The number of halogens is 1. The molecule has 0 unspecified atom stereocenters. The number of hydrogen-bond donors (Lipinski definition) is 5. The number of likely N-dealkylation sites (N-methyl/N-ethyl adjacent to an activating group) is 2. The molecule has 0 aliphatic heterocycles. The molecule has 0 aromatic heterocycles. The van der Waals surface area contributed by atoms with E-state index in [-0.39, 0.29) is 11.3 Å². The van der Waals surface area contributed by atoms with E-state index in [0.717, 1.165) is 91.5 Å². The Morgan fingerprint density at radius 1 is 0.610 bits per heavy atom. The maximum atomic E-state index is 13.5. The highest BCUT2D eigenvalue weighted by Gasteiger charge is 2.35. The predicted molar refractivity (Wildman–Crippen MR) is 176 cm³/mol. The van der Waals surface area contributed by atoms with Crippen LogP contribution >= 0.6 is 11.8 Å². The Morgan fingerprint density at radius 3 is 1.41 bits per heavy atom. The number of carbonyl (C=O) groups is 1. The van der Waals surface area contributed by atoms with Crippen LogP contribution in [-0.2, 0) is 4.79 Å². The Labute approximate surface area is 257 Å². The SMILES string of the molecule is CNCCN(CCN)CCN(Cl)CCN(CCNC)CCN(CCN)CCN(CCN)C(=O)C(C)(C)CC(C)(C)C. The Balaban J connectivity index is 5.04. The Morgan fingerprint density at radius 2 is 1.00 bits per heavy atom. The molecule has 8 N–H and O–H groups in total. The predicted octanol–water partition coefficient (Wildman–Crippen LogP) is -0.0459. The van der Waals surface area contributed by atoms with E-state index in [4.69, 9.17) is 29.0 Å². The standard InChI is InChI=1S/C29H67ClN10O/c1-28(2,3)26-29(4,5)27(41)39(15-10-33)23-20-37(14-9-32)18-19-38(17-12-35-7)22-25-40(30)24-21-36(13-8-31)16-11-34-6/h34-35H,8-26,31-33H2,1-7H3. The van der Waals surface area contributed by atoms with Crippen molar-refractivity contribution in [1.29, 1.82) is 0 Å². The topological polar surface area (TPSA) is 135 Å². The molecular weight excluding hydrogens is 540 g/mol. The monoisotopic (exact) mass is 607 g/mol. The van der Waals surface area contributed by atoms with Crippen molar-refractivity contribution in [2.45, 2.75) is 41.0 Å². The zero-order valence-electron chi connectivity index (χ0n) is 27.7. The second-order valence-corrected chi connectivity index (χ2v) is 13.4. The summed E-state index contributed by atoms with van der Waals surface area (Å²) >= 11 is 6.61. The molecule has 0 spiro atoms. The molecule has 1 amide bonds. The molecule has 0 rings (SSSR count). The van der Waals surface area contributed by atoms with Crippen LogP contribution < -0.4 is 27.8 Å². The number of amides is 1. The van der Waals surface area contributed by atoms with Crippen LogP contribution in [0.2, 0.25) is 0 Å². The van der Waals surface area contributed by atoms with Gasteiger partial charge in [0, 0.05) is 123 Å². The van der Waals surface area contributed by atoms with Crippen LogP contribution in [0.4, 0.5) is 0 Å². The molecule has 0 atom stereocenters. The van der Waals surface area contributed by atoms with E-state index < -0.39 is 5.41 Å². The van der Waals surface area contributed by atoms with Crippen LogP contribution in [-0.4, -0.2) is 162 Å². The van der Waals surface area contributed by atoms with Gasteiger partial charge in [-0.1, -0.05) is 34.6 Å². The van der Waals surface area contributed by atoms with E-state index in [0.29, 0.717) is 32.7 Å². The van der Waals surface area contributed by atoms with Crippen molar-refractivity contribution in [2.24, 2.45) is 28.0 Å². The van der Waals surface area contributed by atoms with Gasteiger partial charge in [-0.3, -0.25) is 19.5 Å². The third kappa shape index (κ3) is 20.1. The molecule has 0 bridgehead atoms. The molecule has 0 aromatic rings. The van der Waals surface area contributed by atoms with E-state index >= 15 is 0 Å². The third-order valence-electron chi connectivity index (χ3n) is 7.22. The fraction of sp³-hybridized carbons (Fsp3) is 0.966. The van der Waals surface area contributed by atoms with Crippen LogP contribution in [0.15, 0.2) is 0 Å². The first-order valence-electron chi connectivity index (χ1n) is 15.6. The number of carbonyl (C=O) groups excluding carboxylic acids is 1. The highest BCUT2D eigenvalue weighted by Crippen LogP contribution is 2.34. The van der Waals surface area contributed by atoms with Gasteiger partial charge in [0.15, 0.2) is 0 Å². The Kier molecular flexibility index (Phi) is 22.5. The van der Waals surface area contributed by atoms with E-state index in [1.54, 1.807) is 0 Å². The van der Waals surface area contributed by atoms with Crippen molar-refractivity contribution in [2.75, 3.05) is 132 Å². The lowest BCUT2D eigenvalue weighted by atomic mass is 9.75. The van der Waals surface area contributed by atoms with Crippen LogP contribution in [0.1, 0.15) is 41.0 Å². The lowest BCUT2D eigenvalue weighted by Crippen LogP contribution is -2.49. The molecule has 41 heavy (non-hydrogen) atoms. The quantitative estimate of drug-likeness (QED) is 0.0853. The number of nitrogens with two attached hydrogens (primary N) is 3. The van der Waals surface area contributed by atoms with Gasteiger partial charge in [0.05, 0.1) is 0 Å². The normalized spacial score (nSPS) is 12.9. The summed E-state index contributed by atoms with van der Waals surface area (Å²) in [6, 6.07) is 0. The van der Waals surface area contributed by atoms with Gasteiger partial charge in [0.2, 0.25) is 5.91 Å². The van der Waals surface area contributed by atoms with Crippen LogP contribution in [0.25, 0.3) is 0 Å². The maximum Gasteiger partial charge on any atom is 0.228 e.